The lowest BCUT2D eigenvalue weighted by Crippen LogP contribution is -2.10. The smallest absolute Gasteiger partial charge is 0.144 e. The van der Waals surface area contributed by atoms with Gasteiger partial charge in [0.05, 0.1) is 5.69 Å². The van der Waals surface area contributed by atoms with Crippen LogP contribution in [0.5, 0.6) is 0 Å². The van der Waals surface area contributed by atoms with Crippen LogP contribution in [0.2, 0.25) is 0 Å². The van der Waals surface area contributed by atoms with E-state index in [1.165, 1.54) is 11.8 Å². The van der Waals surface area contributed by atoms with Crippen LogP contribution in [0.1, 0.15) is 38.8 Å². The van der Waals surface area contributed by atoms with Crippen molar-refractivity contribution in [2.75, 3.05) is 0 Å². The maximum atomic E-state index is 8.88. The van der Waals surface area contributed by atoms with Crippen LogP contribution in [-0.4, -0.2) is 4.98 Å². The van der Waals surface area contributed by atoms with E-state index in [1.807, 2.05) is 42.5 Å². The first kappa shape index (κ1) is 18.1. The number of aryl methyl sites for hydroxylation is 1. The Morgan fingerprint density at radius 1 is 0.757 bits per heavy atom. The average molecular weight is 487 g/mol. The zero-order valence-electron chi connectivity index (χ0n) is 26.2. The minimum atomic E-state index is -2.50. The van der Waals surface area contributed by atoms with Gasteiger partial charge >= 0.3 is 0 Å². The second kappa shape index (κ2) is 9.05. The molecule has 0 spiro atoms. The molecule has 0 amide bonds. The summed E-state index contributed by atoms with van der Waals surface area (Å²) in [4.78, 5) is 4.50. The van der Waals surface area contributed by atoms with E-state index in [9.17, 15) is 0 Å². The van der Waals surface area contributed by atoms with Crippen molar-refractivity contribution >= 4 is 21.9 Å². The van der Waals surface area contributed by atoms with Gasteiger partial charge < -0.3 is 4.42 Å². The second-order valence-electron chi connectivity index (χ2n) is 10.4. The Morgan fingerprint density at radius 2 is 1.46 bits per heavy atom. The molecule has 0 radical (unpaired) electrons. The molecular weight excluding hydrogens is 450 g/mol. The number of aromatic nitrogens is 1. The summed E-state index contributed by atoms with van der Waals surface area (Å²) < 4.78 is 48.3. The van der Waals surface area contributed by atoms with Gasteiger partial charge in [-0.1, -0.05) is 93.6 Å². The summed E-state index contributed by atoms with van der Waals surface area (Å²) in [5.74, 6) is 0. The third-order valence-electron chi connectivity index (χ3n) is 6.51. The predicted molar refractivity (Wildman–Crippen MR) is 156 cm³/mol. The summed E-state index contributed by atoms with van der Waals surface area (Å²) in [5, 5.41) is 1.87. The van der Waals surface area contributed by atoms with E-state index < -0.39 is 18.6 Å². The molecule has 0 saturated heterocycles. The largest absolute Gasteiger partial charge is 0.455 e. The fraction of sp³-hybridized carbons (Fsp3) is 0.171. The van der Waals surface area contributed by atoms with Crippen molar-refractivity contribution in [3.8, 4) is 33.5 Å². The van der Waals surface area contributed by atoms with E-state index in [0.717, 1.165) is 33.0 Å². The van der Waals surface area contributed by atoms with Gasteiger partial charge in [0, 0.05) is 29.4 Å². The van der Waals surface area contributed by atoms with Gasteiger partial charge in [-0.2, -0.15) is 0 Å². The summed E-state index contributed by atoms with van der Waals surface area (Å²) in [7, 11) is 0. The Bertz CT molecular complexity index is 1910. The van der Waals surface area contributed by atoms with E-state index in [4.69, 9.17) is 11.3 Å². The van der Waals surface area contributed by atoms with Gasteiger partial charge in [0.25, 0.3) is 0 Å². The van der Waals surface area contributed by atoms with Crippen LogP contribution >= 0.6 is 0 Å². The molecule has 4 aromatic carbocycles. The SMILES string of the molecule is [2H]C([2H])([2H])c1cnc(-c2cccc3c2oc2cc(-c4ccc(-c5ccccc5)cc4)ccc23)cc1C([2H])([2H])C(C)(C)C. The number of hydrogen-bond acceptors (Lipinski definition) is 2. The van der Waals surface area contributed by atoms with Crippen molar-refractivity contribution in [1.82, 2.24) is 4.98 Å². The highest BCUT2D eigenvalue weighted by molar-refractivity contribution is 6.10. The monoisotopic (exact) mass is 486 g/mol. The van der Waals surface area contributed by atoms with Crippen LogP contribution in [0.4, 0.5) is 0 Å². The highest BCUT2D eigenvalue weighted by Gasteiger charge is 2.17. The molecule has 0 aliphatic heterocycles. The van der Waals surface area contributed by atoms with Gasteiger partial charge in [0.2, 0.25) is 0 Å². The standard InChI is InChI=1S/C35H31NO/c1-23-22-36-32(19-28(23)21-35(2,3)4)31-12-8-11-30-29-18-17-27(20-33(29)37-34(30)31)26-15-13-25(14-16-26)24-9-6-5-7-10-24/h5-20,22H,21H2,1-4H3/i1D3,21D2. The minimum absolute atomic E-state index is 0.0779. The van der Waals surface area contributed by atoms with Crippen LogP contribution in [-0.2, 0) is 6.37 Å². The summed E-state index contributed by atoms with van der Waals surface area (Å²) in [6.45, 7) is 2.80. The fourth-order valence-electron chi connectivity index (χ4n) is 4.78. The Labute approximate surface area is 225 Å². The Hall–Kier alpha value is -4.17. The summed E-state index contributed by atoms with van der Waals surface area (Å²) in [6.07, 6.45) is -0.624. The predicted octanol–water partition coefficient (Wildman–Crippen LogP) is 9.88. The second-order valence-corrected chi connectivity index (χ2v) is 10.4. The van der Waals surface area contributed by atoms with Crippen LogP contribution in [0, 0.1) is 12.3 Å². The van der Waals surface area contributed by atoms with Crippen LogP contribution in [0.25, 0.3) is 55.4 Å². The average Bonchev–Trinajstić information content (AvgIpc) is 3.34. The molecule has 2 nitrogen and oxygen atoms in total. The number of furan rings is 1. The molecule has 6 rings (SSSR count). The van der Waals surface area contributed by atoms with Gasteiger partial charge in [-0.25, -0.2) is 0 Å². The van der Waals surface area contributed by atoms with E-state index >= 15 is 0 Å². The van der Waals surface area contributed by atoms with Crippen molar-refractivity contribution < 1.29 is 11.3 Å². The van der Waals surface area contributed by atoms with E-state index in [1.54, 1.807) is 26.8 Å². The van der Waals surface area contributed by atoms with Gasteiger partial charge in [-0.3, -0.25) is 4.98 Å². The van der Waals surface area contributed by atoms with Gasteiger partial charge in [-0.15, -0.1) is 0 Å². The van der Waals surface area contributed by atoms with Crippen LogP contribution in [0.15, 0.2) is 108 Å². The minimum Gasteiger partial charge on any atom is -0.455 e. The van der Waals surface area contributed by atoms with Crippen molar-refractivity contribution in [3.63, 3.8) is 0 Å². The molecule has 0 fully saturated rings. The van der Waals surface area contributed by atoms with Crippen molar-refractivity contribution in [2.24, 2.45) is 5.41 Å². The molecule has 6 aromatic rings. The quantitative estimate of drug-likeness (QED) is 0.248. The number of para-hydroxylation sites is 1. The number of nitrogens with zero attached hydrogens (tertiary/aromatic N) is 1. The summed E-state index contributed by atoms with van der Waals surface area (Å²) in [5.41, 5.74) is 6.13. The zero-order chi connectivity index (χ0) is 29.9. The third-order valence-corrected chi connectivity index (χ3v) is 6.51. The lowest BCUT2D eigenvalue weighted by Gasteiger charge is -2.20. The normalized spacial score (nSPS) is 14.6. The summed E-state index contributed by atoms with van der Waals surface area (Å²) >= 11 is 0. The van der Waals surface area contributed by atoms with E-state index in [0.29, 0.717) is 16.8 Å². The number of hydrogen-bond donors (Lipinski definition) is 0. The van der Waals surface area contributed by atoms with Crippen LogP contribution < -0.4 is 0 Å². The maximum absolute atomic E-state index is 8.88. The van der Waals surface area contributed by atoms with Gasteiger partial charge in [0.1, 0.15) is 11.2 Å². The molecule has 0 unspecified atom stereocenters. The molecule has 182 valence electrons. The van der Waals surface area contributed by atoms with Crippen molar-refractivity contribution in [1.29, 1.82) is 0 Å². The molecule has 0 N–H and O–H groups in total. The Kier molecular flexibility index (Phi) is 4.43. The lowest BCUT2D eigenvalue weighted by molar-refractivity contribution is 0.410. The van der Waals surface area contributed by atoms with Gasteiger partial charge in [-0.05, 0) is 76.3 Å². The third kappa shape index (κ3) is 4.56. The zero-order valence-corrected chi connectivity index (χ0v) is 21.2. The molecular formula is C35H31NO. The fourth-order valence-corrected chi connectivity index (χ4v) is 4.78. The highest BCUT2D eigenvalue weighted by Crippen LogP contribution is 2.38. The highest BCUT2D eigenvalue weighted by atomic mass is 16.3. The van der Waals surface area contributed by atoms with Crippen molar-refractivity contribution in [3.05, 3.63) is 114 Å². The molecule has 0 aliphatic rings. The summed E-state index contributed by atoms with van der Waals surface area (Å²) in [6, 6.07) is 32.3. The van der Waals surface area contributed by atoms with E-state index in [-0.39, 0.29) is 11.1 Å². The molecule has 0 bridgehead atoms. The topological polar surface area (TPSA) is 26.0 Å². The number of fused-ring (bicyclic) bond motifs is 3. The Balaban J connectivity index is 1.45. The van der Waals surface area contributed by atoms with Crippen molar-refractivity contribution in [2.45, 2.75) is 34.0 Å². The molecule has 0 atom stereocenters. The first-order valence-corrected chi connectivity index (χ1v) is 12.5. The molecule has 0 aliphatic carbocycles. The molecule has 37 heavy (non-hydrogen) atoms. The lowest BCUT2D eigenvalue weighted by atomic mass is 9.86. The molecule has 0 saturated carbocycles. The number of rotatable bonds is 4. The van der Waals surface area contributed by atoms with Gasteiger partial charge in [0.15, 0.2) is 0 Å². The molecule has 2 heteroatoms. The molecule has 2 heterocycles. The first-order chi connectivity index (χ1) is 19.8. The van der Waals surface area contributed by atoms with Crippen LogP contribution in [0.3, 0.4) is 0 Å². The Morgan fingerprint density at radius 3 is 2.19 bits per heavy atom. The number of benzene rings is 4. The maximum Gasteiger partial charge on any atom is 0.144 e. The molecule has 2 aromatic heterocycles. The van der Waals surface area contributed by atoms with E-state index in [2.05, 4.69) is 53.5 Å². The number of pyridine rings is 1. The first-order valence-electron chi connectivity index (χ1n) is 15.0.